The average molecular weight is 411 g/mol. The summed E-state index contributed by atoms with van der Waals surface area (Å²) in [5.74, 6) is 2.48. The van der Waals surface area contributed by atoms with E-state index in [1.54, 1.807) is 44.5 Å². The highest BCUT2D eigenvalue weighted by Gasteiger charge is 2.15. The number of carbonyl (C=O) groups excluding carboxylic acids is 1. The number of hydrogen-bond donors (Lipinski definition) is 2. The van der Waals surface area contributed by atoms with Crippen LogP contribution in [0, 0.1) is 0 Å². The van der Waals surface area contributed by atoms with Gasteiger partial charge in [0.25, 0.3) is 0 Å². The van der Waals surface area contributed by atoms with E-state index in [1.807, 2.05) is 12.1 Å². The molecule has 0 saturated heterocycles. The Kier molecular flexibility index (Phi) is 5.29. The van der Waals surface area contributed by atoms with E-state index in [-0.39, 0.29) is 25.6 Å². The Hall–Kier alpha value is -3.95. The molecule has 0 fully saturated rings. The van der Waals surface area contributed by atoms with Gasteiger partial charge in [0.1, 0.15) is 5.75 Å². The SMILES string of the molecule is COc1ccc(-c2nn(CCNC(=O)Nc3ccc4c(c3)OCO4)c(=O)n2C)cc1. The number of aromatic nitrogens is 3. The molecule has 4 rings (SSSR count). The second-order valence-electron chi connectivity index (χ2n) is 6.57. The summed E-state index contributed by atoms with van der Waals surface area (Å²) in [5.41, 5.74) is 1.11. The van der Waals surface area contributed by atoms with Crippen LogP contribution in [0.1, 0.15) is 0 Å². The van der Waals surface area contributed by atoms with E-state index in [4.69, 9.17) is 14.2 Å². The lowest BCUT2D eigenvalue weighted by Crippen LogP contribution is -2.34. The second kappa shape index (κ2) is 8.19. The summed E-state index contributed by atoms with van der Waals surface area (Å²) >= 11 is 0. The van der Waals surface area contributed by atoms with Crippen LogP contribution in [0.2, 0.25) is 0 Å². The van der Waals surface area contributed by atoms with Gasteiger partial charge in [0, 0.05) is 30.9 Å². The summed E-state index contributed by atoms with van der Waals surface area (Å²) in [6.07, 6.45) is 0. The number of ether oxygens (including phenoxy) is 3. The molecular formula is C20H21N5O5. The van der Waals surface area contributed by atoms with E-state index in [1.165, 1.54) is 9.25 Å². The van der Waals surface area contributed by atoms with Gasteiger partial charge >= 0.3 is 11.7 Å². The molecular weight excluding hydrogens is 390 g/mol. The number of fused-ring (bicyclic) bond motifs is 1. The van der Waals surface area contributed by atoms with E-state index in [0.717, 1.165) is 11.3 Å². The number of nitrogens with one attached hydrogen (secondary N) is 2. The summed E-state index contributed by atoms with van der Waals surface area (Å²) in [7, 11) is 3.25. The molecule has 156 valence electrons. The van der Waals surface area contributed by atoms with Gasteiger partial charge in [0.05, 0.1) is 13.7 Å². The van der Waals surface area contributed by atoms with Crippen LogP contribution in [0.4, 0.5) is 10.5 Å². The summed E-state index contributed by atoms with van der Waals surface area (Å²) in [4.78, 5) is 24.6. The molecule has 10 nitrogen and oxygen atoms in total. The van der Waals surface area contributed by atoms with Gasteiger partial charge < -0.3 is 24.8 Å². The van der Waals surface area contributed by atoms with E-state index in [0.29, 0.717) is 23.0 Å². The first-order valence-electron chi connectivity index (χ1n) is 9.28. The van der Waals surface area contributed by atoms with Crippen LogP contribution in [0.3, 0.4) is 0 Å². The largest absolute Gasteiger partial charge is 0.497 e. The van der Waals surface area contributed by atoms with Gasteiger partial charge in [-0.1, -0.05) is 0 Å². The van der Waals surface area contributed by atoms with Crippen molar-refractivity contribution in [3.63, 3.8) is 0 Å². The van der Waals surface area contributed by atoms with Gasteiger partial charge in [-0.25, -0.2) is 14.3 Å². The smallest absolute Gasteiger partial charge is 0.345 e. The van der Waals surface area contributed by atoms with Crippen LogP contribution in [0.15, 0.2) is 47.3 Å². The minimum absolute atomic E-state index is 0.169. The summed E-state index contributed by atoms with van der Waals surface area (Å²) in [6, 6.07) is 12.0. The molecule has 2 amide bonds. The lowest BCUT2D eigenvalue weighted by atomic mass is 10.2. The van der Waals surface area contributed by atoms with Crippen LogP contribution in [0.5, 0.6) is 17.2 Å². The number of urea groups is 1. The van der Waals surface area contributed by atoms with Crippen molar-refractivity contribution in [1.29, 1.82) is 0 Å². The van der Waals surface area contributed by atoms with Crippen molar-refractivity contribution in [2.24, 2.45) is 7.05 Å². The minimum atomic E-state index is -0.395. The monoisotopic (exact) mass is 411 g/mol. The Balaban J connectivity index is 1.35. The van der Waals surface area contributed by atoms with Gasteiger partial charge in [0.2, 0.25) is 6.79 Å². The maximum atomic E-state index is 12.4. The number of amides is 2. The number of rotatable bonds is 6. The van der Waals surface area contributed by atoms with Gasteiger partial charge in [-0.2, -0.15) is 0 Å². The Morgan fingerprint density at radius 3 is 2.70 bits per heavy atom. The molecule has 30 heavy (non-hydrogen) atoms. The molecule has 2 N–H and O–H groups in total. The van der Waals surface area contributed by atoms with Gasteiger partial charge in [-0.05, 0) is 36.4 Å². The standard InChI is InChI=1S/C20H21N5O5/c1-24-18(13-3-6-15(28-2)7-4-13)23-25(20(24)27)10-9-21-19(26)22-14-5-8-16-17(11-14)30-12-29-16/h3-8,11H,9-10,12H2,1-2H3,(H2,21,22,26). The third-order valence-corrected chi connectivity index (χ3v) is 4.63. The van der Waals surface area contributed by atoms with Crippen molar-refractivity contribution in [3.05, 3.63) is 52.9 Å². The van der Waals surface area contributed by atoms with Crippen LogP contribution in [-0.4, -0.2) is 40.8 Å². The number of benzene rings is 2. The van der Waals surface area contributed by atoms with Crippen molar-refractivity contribution in [2.75, 3.05) is 25.8 Å². The Labute approximate surface area is 172 Å². The fraction of sp³-hybridized carbons (Fsp3) is 0.250. The highest BCUT2D eigenvalue weighted by atomic mass is 16.7. The average Bonchev–Trinajstić information content (AvgIpc) is 3.33. The molecule has 0 saturated carbocycles. The predicted molar refractivity (Wildman–Crippen MR) is 109 cm³/mol. The fourth-order valence-electron chi connectivity index (χ4n) is 3.05. The molecule has 2 aromatic carbocycles. The number of anilines is 1. The first-order chi connectivity index (χ1) is 14.5. The van der Waals surface area contributed by atoms with Gasteiger partial charge in [-0.3, -0.25) is 4.57 Å². The molecule has 10 heteroatoms. The zero-order valence-electron chi connectivity index (χ0n) is 16.5. The van der Waals surface area contributed by atoms with Crippen molar-refractivity contribution in [1.82, 2.24) is 19.7 Å². The molecule has 0 radical (unpaired) electrons. The lowest BCUT2D eigenvalue weighted by molar-refractivity contribution is 0.174. The van der Waals surface area contributed by atoms with Gasteiger partial charge in [0.15, 0.2) is 17.3 Å². The van der Waals surface area contributed by atoms with Crippen LogP contribution >= 0.6 is 0 Å². The summed E-state index contributed by atoms with van der Waals surface area (Å²) in [6.45, 7) is 0.634. The van der Waals surface area contributed by atoms with E-state index < -0.39 is 6.03 Å². The number of carbonyl (C=O) groups is 1. The maximum absolute atomic E-state index is 12.4. The molecule has 2 heterocycles. The quantitative estimate of drug-likeness (QED) is 0.640. The Morgan fingerprint density at radius 1 is 1.17 bits per heavy atom. The third kappa shape index (κ3) is 3.93. The number of hydrogen-bond acceptors (Lipinski definition) is 6. The highest BCUT2D eigenvalue weighted by Crippen LogP contribution is 2.34. The fourth-order valence-corrected chi connectivity index (χ4v) is 3.05. The molecule has 1 aromatic heterocycles. The van der Waals surface area contributed by atoms with Crippen LogP contribution in [0.25, 0.3) is 11.4 Å². The van der Waals surface area contributed by atoms with Crippen molar-refractivity contribution in [3.8, 4) is 28.6 Å². The summed E-state index contributed by atoms with van der Waals surface area (Å²) in [5, 5.41) is 9.81. The third-order valence-electron chi connectivity index (χ3n) is 4.63. The summed E-state index contributed by atoms with van der Waals surface area (Å²) < 4.78 is 18.5. The highest BCUT2D eigenvalue weighted by molar-refractivity contribution is 5.89. The van der Waals surface area contributed by atoms with Crippen molar-refractivity contribution < 1.29 is 19.0 Å². The molecule has 1 aliphatic rings. The molecule has 0 aliphatic carbocycles. The van der Waals surface area contributed by atoms with Crippen molar-refractivity contribution in [2.45, 2.75) is 6.54 Å². The molecule has 1 aliphatic heterocycles. The second-order valence-corrected chi connectivity index (χ2v) is 6.57. The zero-order chi connectivity index (χ0) is 21.1. The normalized spacial score (nSPS) is 11.9. The van der Waals surface area contributed by atoms with Crippen LogP contribution in [-0.2, 0) is 13.6 Å². The number of methoxy groups -OCH3 is 1. The zero-order valence-corrected chi connectivity index (χ0v) is 16.5. The molecule has 0 bridgehead atoms. The topological polar surface area (TPSA) is 109 Å². The van der Waals surface area contributed by atoms with E-state index in [9.17, 15) is 9.59 Å². The van der Waals surface area contributed by atoms with E-state index in [2.05, 4.69) is 15.7 Å². The predicted octanol–water partition coefficient (Wildman–Crippen LogP) is 1.81. The first-order valence-corrected chi connectivity index (χ1v) is 9.28. The molecule has 0 atom stereocenters. The lowest BCUT2D eigenvalue weighted by Gasteiger charge is -2.08. The van der Waals surface area contributed by atoms with Crippen molar-refractivity contribution >= 4 is 11.7 Å². The Morgan fingerprint density at radius 2 is 1.93 bits per heavy atom. The molecule has 0 unspecified atom stereocenters. The molecule has 0 spiro atoms. The maximum Gasteiger partial charge on any atom is 0.345 e. The van der Waals surface area contributed by atoms with Gasteiger partial charge in [-0.15, -0.1) is 5.10 Å². The van der Waals surface area contributed by atoms with Crippen LogP contribution < -0.4 is 30.5 Å². The molecule has 3 aromatic rings. The Bertz CT molecular complexity index is 1120. The van der Waals surface area contributed by atoms with E-state index >= 15 is 0 Å². The minimum Gasteiger partial charge on any atom is -0.497 e. The number of nitrogens with zero attached hydrogens (tertiary/aromatic N) is 3. The first kappa shape index (κ1) is 19.4.